The summed E-state index contributed by atoms with van der Waals surface area (Å²) in [5, 5.41) is 0. The Morgan fingerprint density at radius 2 is 2.36 bits per heavy atom. The van der Waals surface area contributed by atoms with Crippen molar-refractivity contribution in [1.29, 1.82) is 0 Å². The van der Waals surface area contributed by atoms with Crippen molar-refractivity contribution < 1.29 is 9.53 Å². The van der Waals surface area contributed by atoms with E-state index < -0.39 is 0 Å². The Labute approximate surface area is 67.2 Å². The molecule has 0 bridgehead atoms. The molecule has 0 unspecified atom stereocenters. The number of Topliss-reactive ketones (excluding diaryl/α,β-unsaturated/α-hetero) is 1. The van der Waals surface area contributed by atoms with Gasteiger partial charge in [0.25, 0.3) is 0 Å². The minimum absolute atomic E-state index is 0.1000. The van der Waals surface area contributed by atoms with E-state index in [1.54, 1.807) is 6.26 Å². The van der Waals surface area contributed by atoms with Gasteiger partial charge in [0, 0.05) is 11.5 Å². The molecule has 0 spiro atoms. The Hall–Kier alpha value is -0.790. The molecular formula is C9H14O2. The van der Waals surface area contributed by atoms with E-state index in [-0.39, 0.29) is 11.7 Å². The van der Waals surface area contributed by atoms with Crippen LogP contribution < -0.4 is 0 Å². The summed E-state index contributed by atoms with van der Waals surface area (Å²) in [7, 11) is 0. The van der Waals surface area contributed by atoms with Gasteiger partial charge in [-0.15, -0.1) is 0 Å². The predicted octanol–water partition coefficient (Wildman–Crippen LogP) is 1.91. The van der Waals surface area contributed by atoms with E-state index in [1.165, 1.54) is 0 Å². The summed E-state index contributed by atoms with van der Waals surface area (Å²) < 4.78 is 5.07. The average Bonchev–Trinajstić information content (AvgIpc) is 2.05. The minimum atomic E-state index is 0.1000. The van der Waals surface area contributed by atoms with E-state index in [2.05, 4.69) is 0 Å². The number of rotatable bonds is 2. The number of allylic oxidation sites excluding steroid dienone is 1. The molecule has 1 heterocycles. The standard InChI is InChI=1S/C9H14O2/c1-7(2)9(10)8-4-3-5-11-6-8/h6-7H,3-5H2,1-2H3. The summed E-state index contributed by atoms with van der Waals surface area (Å²) in [6, 6.07) is 0. The second kappa shape index (κ2) is 3.56. The molecule has 0 aromatic rings. The zero-order chi connectivity index (χ0) is 8.27. The van der Waals surface area contributed by atoms with Gasteiger partial charge in [0.05, 0.1) is 12.9 Å². The number of carbonyl (C=O) groups is 1. The second-order valence-electron chi connectivity index (χ2n) is 3.14. The number of carbonyl (C=O) groups excluding carboxylic acids is 1. The molecule has 0 radical (unpaired) electrons. The lowest BCUT2D eigenvalue weighted by Gasteiger charge is -2.13. The molecule has 0 atom stereocenters. The van der Waals surface area contributed by atoms with Gasteiger partial charge in [-0.25, -0.2) is 0 Å². The van der Waals surface area contributed by atoms with Crippen molar-refractivity contribution in [2.75, 3.05) is 6.61 Å². The van der Waals surface area contributed by atoms with Crippen LogP contribution in [0.3, 0.4) is 0 Å². The molecular weight excluding hydrogens is 140 g/mol. The van der Waals surface area contributed by atoms with Crippen LogP contribution in [0.4, 0.5) is 0 Å². The van der Waals surface area contributed by atoms with Crippen LogP contribution in [0.15, 0.2) is 11.8 Å². The zero-order valence-electron chi connectivity index (χ0n) is 7.09. The molecule has 11 heavy (non-hydrogen) atoms. The zero-order valence-corrected chi connectivity index (χ0v) is 7.09. The smallest absolute Gasteiger partial charge is 0.164 e. The maximum absolute atomic E-state index is 11.3. The van der Waals surface area contributed by atoms with Crippen LogP contribution >= 0.6 is 0 Å². The van der Waals surface area contributed by atoms with Crippen LogP contribution in [-0.4, -0.2) is 12.4 Å². The summed E-state index contributed by atoms with van der Waals surface area (Å²) in [5.41, 5.74) is 0.853. The van der Waals surface area contributed by atoms with E-state index in [9.17, 15) is 4.79 Å². The molecule has 0 amide bonds. The van der Waals surface area contributed by atoms with Crippen molar-refractivity contribution in [2.24, 2.45) is 5.92 Å². The second-order valence-corrected chi connectivity index (χ2v) is 3.14. The lowest BCUT2D eigenvalue weighted by Crippen LogP contribution is -2.13. The van der Waals surface area contributed by atoms with Gasteiger partial charge in [-0.05, 0) is 12.8 Å². The summed E-state index contributed by atoms with van der Waals surface area (Å²) >= 11 is 0. The summed E-state index contributed by atoms with van der Waals surface area (Å²) in [6.07, 6.45) is 3.48. The fraction of sp³-hybridized carbons (Fsp3) is 0.667. The highest BCUT2D eigenvalue weighted by atomic mass is 16.5. The van der Waals surface area contributed by atoms with E-state index in [4.69, 9.17) is 4.74 Å². The van der Waals surface area contributed by atoms with Crippen LogP contribution in [0, 0.1) is 5.92 Å². The molecule has 0 N–H and O–H groups in total. The summed E-state index contributed by atoms with van der Waals surface area (Å²) in [4.78, 5) is 11.3. The predicted molar refractivity (Wildman–Crippen MR) is 43.1 cm³/mol. The van der Waals surface area contributed by atoms with Gasteiger partial charge in [0.1, 0.15) is 0 Å². The summed E-state index contributed by atoms with van der Waals surface area (Å²) in [5.74, 6) is 0.327. The molecule has 1 aliphatic rings. The van der Waals surface area contributed by atoms with E-state index in [0.29, 0.717) is 0 Å². The SMILES string of the molecule is CC(C)C(=O)C1=COCCC1. The van der Waals surface area contributed by atoms with Gasteiger partial charge in [-0.1, -0.05) is 13.8 Å². The van der Waals surface area contributed by atoms with Gasteiger partial charge < -0.3 is 4.74 Å². The minimum Gasteiger partial charge on any atom is -0.501 e. The molecule has 1 aliphatic heterocycles. The summed E-state index contributed by atoms with van der Waals surface area (Å²) in [6.45, 7) is 4.59. The largest absolute Gasteiger partial charge is 0.501 e. The average molecular weight is 154 g/mol. The molecule has 0 aliphatic carbocycles. The van der Waals surface area contributed by atoms with Crippen molar-refractivity contribution in [3.63, 3.8) is 0 Å². The first-order chi connectivity index (χ1) is 5.22. The topological polar surface area (TPSA) is 26.3 Å². The monoisotopic (exact) mass is 154 g/mol. The molecule has 0 aromatic carbocycles. The van der Waals surface area contributed by atoms with Crippen LogP contribution in [0.1, 0.15) is 26.7 Å². The highest BCUT2D eigenvalue weighted by Gasteiger charge is 2.15. The molecule has 1 rings (SSSR count). The highest BCUT2D eigenvalue weighted by molar-refractivity contribution is 5.96. The van der Waals surface area contributed by atoms with Crippen LogP contribution in [0.5, 0.6) is 0 Å². The molecule has 2 nitrogen and oxygen atoms in total. The van der Waals surface area contributed by atoms with Crippen molar-refractivity contribution in [1.82, 2.24) is 0 Å². The third kappa shape index (κ3) is 2.07. The first-order valence-corrected chi connectivity index (χ1v) is 4.06. The van der Waals surface area contributed by atoms with Crippen LogP contribution in [0.25, 0.3) is 0 Å². The molecule has 0 saturated heterocycles. The van der Waals surface area contributed by atoms with Gasteiger partial charge in [-0.3, -0.25) is 4.79 Å². The maximum Gasteiger partial charge on any atom is 0.164 e. The number of ether oxygens (including phenoxy) is 1. The Morgan fingerprint density at radius 1 is 1.64 bits per heavy atom. The molecule has 2 heteroatoms. The van der Waals surface area contributed by atoms with Crippen molar-refractivity contribution in [3.05, 3.63) is 11.8 Å². The maximum atomic E-state index is 11.3. The Kier molecular flexibility index (Phi) is 2.69. The fourth-order valence-electron chi connectivity index (χ4n) is 1.12. The Morgan fingerprint density at radius 3 is 2.82 bits per heavy atom. The first kappa shape index (κ1) is 8.31. The van der Waals surface area contributed by atoms with Gasteiger partial charge in [0.15, 0.2) is 5.78 Å². The van der Waals surface area contributed by atoms with Crippen LogP contribution in [0.2, 0.25) is 0 Å². The Balaban J connectivity index is 2.58. The number of hydrogen-bond donors (Lipinski definition) is 0. The fourth-order valence-corrected chi connectivity index (χ4v) is 1.12. The first-order valence-electron chi connectivity index (χ1n) is 4.06. The highest BCUT2D eigenvalue weighted by Crippen LogP contribution is 2.16. The Bertz CT molecular complexity index is 180. The van der Waals surface area contributed by atoms with Crippen molar-refractivity contribution in [2.45, 2.75) is 26.7 Å². The van der Waals surface area contributed by atoms with E-state index in [1.807, 2.05) is 13.8 Å². The molecule has 0 aromatic heterocycles. The van der Waals surface area contributed by atoms with Gasteiger partial charge >= 0.3 is 0 Å². The van der Waals surface area contributed by atoms with E-state index in [0.717, 1.165) is 25.0 Å². The third-order valence-corrected chi connectivity index (χ3v) is 1.77. The third-order valence-electron chi connectivity index (χ3n) is 1.77. The van der Waals surface area contributed by atoms with E-state index >= 15 is 0 Å². The van der Waals surface area contributed by atoms with Crippen molar-refractivity contribution >= 4 is 5.78 Å². The molecule has 62 valence electrons. The van der Waals surface area contributed by atoms with Gasteiger partial charge in [-0.2, -0.15) is 0 Å². The molecule has 0 fully saturated rings. The lowest BCUT2D eigenvalue weighted by molar-refractivity contribution is -0.118. The number of hydrogen-bond acceptors (Lipinski definition) is 2. The number of ketones is 1. The van der Waals surface area contributed by atoms with Gasteiger partial charge in [0.2, 0.25) is 0 Å². The quantitative estimate of drug-likeness (QED) is 0.607. The lowest BCUT2D eigenvalue weighted by atomic mass is 9.98. The van der Waals surface area contributed by atoms with Crippen LogP contribution in [-0.2, 0) is 9.53 Å². The normalized spacial score (nSPS) is 17.5. The van der Waals surface area contributed by atoms with Crippen molar-refractivity contribution in [3.8, 4) is 0 Å². The molecule has 0 saturated carbocycles.